The number of aromatic nitrogens is 2. The zero-order chi connectivity index (χ0) is 29.7. The van der Waals surface area contributed by atoms with Gasteiger partial charge in [0.05, 0.1) is 0 Å². The number of aryl methyl sites for hydroxylation is 1. The van der Waals surface area contributed by atoms with Gasteiger partial charge in [-0.1, -0.05) is 30.3 Å². The monoisotopic (exact) mass is 566 g/mol. The second-order valence-electron chi connectivity index (χ2n) is 9.45. The van der Waals surface area contributed by atoms with Crippen molar-refractivity contribution in [3.63, 3.8) is 0 Å². The van der Waals surface area contributed by atoms with Crippen molar-refractivity contribution in [1.82, 2.24) is 10.2 Å². The van der Waals surface area contributed by atoms with Gasteiger partial charge in [-0.3, -0.25) is 19.2 Å². The normalized spacial score (nSPS) is 21.9. The van der Waals surface area contributed by atoms with E-state index in [1.807, 2.05) is 36.4 Å². The lowest BCUT2D eigenvalue weighted by molar-refractivity contribution is -0.254. The number of esters is 4. The van der Waals surface area contributed by atoms with Crippen molar-refractivity contribution >= 4 is 23.9 Å². The maximum absolute atomic E-state index is 12.2. The largest absolute Gasteiger partial charge is 0.463 e. The highest BCUT2D eigenvalue weighted by Gasteiger charge is 2.52. The van der Waals surface area contributed by atoms with Crippen molar-refractivity contribution in [2.75, 3.05) is 6.61 Å². The summed E-state index contributed by atoms with van der Waals surface area (Å²) in [5.41, 5.74) is 3.00. The summed E-state index contributed by atoms with van der Waals surface area (Å²) in [7, 11) is 0. The molecule has 2 aromatic carbocycles. The Morgan fingerprint density at radius 3 is 1.93 bits per heavy atom. The van der Waals surface area contributed by atoms with Gasteiger partial charge in [0.25, 0.3) is 0 Å². The second-order valence-corrected chi connectivity index (χ2v) is 9.45. The molecule has 0 spiro atoms. The molecule has 216 valence electrons. The van der Waals surface area contributed by atoms with Crippen LogP contribution in [0.15, 0.2) is 52.9 Å². The third kappa shape index (κ3) is 7.34. The van der Waals surface area contributed by atoms with Gasteiger partial charge in [0, 0.05) is 40.2 Å². The summed E-state index contributed by atoms with van der Waals surface area (Å²) in [6.07, 6.45) is -5.67. The minimum Gasteiger partial charge on any atom is -0.463 e. The quantitative estimate of drug-likeness (QED) is 0.289. The SMILES string of the molecule is CC(=O)OC[C@H]1OC(c2cccc(-c3ccc(-c4nnc(C)o4)cc3)c2)[C@@H](OC(C)=O)[C@@H](OC(C)=O)[C@@H]1OC(C)=O. The lowest BCUT2D eigenvalue weighted by Crippen LogP contribution is -2.59. The summed E-state index contributed by atoms with van der Waals surface area (Å²) in [4.78, 5) is 47.9. The van der Waals surface area contributed by atoms with Crippen LogP contribution in [0.4, 0.5) is 0 Å². The number of hydrogen-bond acceptors (Lipinski definition) is 12. The molecule has 1 aliphatic heterocycles. The van der Waals surface area contributed by atoms with E-state index in [-0.39, 0.29) is 6.61 Å². The molecule has 4 rings (SSSR count). The van der Waals surface area contributed by atoms with Gasteiger partial charge in [0.1, 0.15) is 18.8 Å². The maximum atomic E-state index is 12.2. The van der Waals surface area contributed by atoms with Gasteiger partial charge in [-0.05, 0) is 34.9 Å². The van der Waals surface area contributed by atoms with Gasteiger partial charge in [-0.25, -0.2) is 0 Å². The fourth-order valence-corrected chi connectivity index (χ4v) is 4.61. The highest BCUT2D eigenvalue weighted by molar-refractivity contribution is 5.70. The Morgan fingerprint density at radius 1 is 0.732 bits per heavy atom. The zero-order valence-corrected chi connectivity index (χ0v) is 23.2. The average Bonchev–Trinajstić information content (AvgIpc) is 3.35. The molecule has 2 heterocycles. The van der Waals surface area contributed by atoms with Crippen LogP contribution in [0.2, 0.25) is 0 Å². The van der Waals surface area contributed by atoms with Crippen LogP contribution in [0, 0.1) is 6.92 Å². The molecule has 1 aromatic heterocycles. The van der Waals surface area contributed by atoms with Gasteiger partial charge >= 0.3 is 23.9 Å². The maximum Gasteiger partial charge on any atom is 0.303 e. The summed E-state index contributed by atoms with van der Waals surface area (Å²) >= 11 is 0. The van der Waals surface area contributed by atoms with Gasteiger partial charge < -0.3 is 28.1 Å². The third-order valence-corrected chi connectivity index (χ3v) is 6.20. The van der Waals surface area contributed by atoms with Crippen molar-refractivity contribution < 1.29 is 47.3 Å². The van der Waals surface area contributed by atoms with Crippen LogP contribution in [0.3, 0.4) is 0 Å². The molecular formula is C29H30N2O10. The fourth-order valence-electron chi connectivity index (χ4n) is 4.61. The molecule has 1 aliphatic rings. The lowest BCUT2D eigenvalue weighted by atomic mass is 9.89. The molecule has 1 unspecified atom stereocenters. The summed E-state index contributed by atoms with van der Waals surface area (Å²) in [6.45, 7) is 6.20. The number of nitrogens with zero attached hydrogens (tertiary/aromatic N) is 2. The van der Waals surface area contributed by atoms with Crippen molar-refractivity contribution in [2.45, 2.75) is 65.1 Å². The van der Waals surface area contributed by atoms with Crippen molar-refractivity contribution in [2.24, 2.45) is 0 Å². The molecule has 3 aromatic rings. The molecule has 0 amide bonds. The number of carbonyl (C=O) groups is 4. The summed E-state index contributed by atoms with van der Waals surface area (Å²) in [6, 6.07) is 14.8. The van der Waals surface area contributed by atoms with E-state index in [1.165, 1.54) is 27.7 Å². The van der Waals surface area contributed by atoms with Gasteiger partial charge in [-0.15, -0.1) is 10.2 Å². The Bertz CT molecular complexity index is 1420. The molecular weight excluding hydrogens is 536 g/mol. The summed E-state index contributed by atoms with van der Waals surface area (Å²) in [5.74, 6) is -1.77. The molecule has 0 radical (unpaired) electrons. The van der Waals surface area contributed by atoms with Crippen LogP contribution in [-0.2, 0) is 42.9 Å². The van der Waals surface area contributed by atoms with Crippen LogP contribution in [0.5, 0.6) is 0 Å². The lowest BCUT2D eigenvalue weighted by Gasteiger charge is -2.44. The van der Waals surface area contributed by atoms with E-state index in [9.17, 15) is 19.2 Å². The van der Waals surface area contributed by atoms with Gasteiger partial charge in [0.2, 0.25) is 11.8 Å². The van der Waals surface area contributed by atoms with Crippen molar-refractivity contribution in [3.8, 4) is 22.6 Å². The Balaban J connectivity index is 1.72. The molecule has 0 aliphatic carbocycles. The molecule has 12 heteroatoms. The Kier molecular flexibility index (Phi) is 9.13. The van der Waals surface area contributed by atoms with E-state index < -0.39 is 54.4 Å². The van der Waals surface area contributed by atoms with E-state index in [2.05, 4.69) is 10.2 Å². The van der Waals surface area contributed by atoms with Crippen molar-refractivity contribution in [1.29, 1.82) is 0 Å². The van der Waals surface area contributed by atoms with Crippen LogP contribution in [0.25, 0.3) is 22.6 Å². The number of carbonyl (C=O) groups excluding carboxylic acids is 4. The predicted molar refractivity (Wildman–Crippen MR) is 141 cm³/mol. The van der Waals surface area contributed by atoms with Gasteiger partial charge in [0.15, 0.2) is 18.3 Å². The topological polar surface area (TPSA) is 153 Å². The highest BCUT2D eigenvalue weighted by Crippen LogP contribution is 2.39. The molecule has 1 fully saturated rings. The Labute approximate surface area is 235 Å². The Hall–Kier alpha value is -4.58. The minimum atomic E-state index is -1.25. The summed E-state index contributed by atoms with van der Waals surface area (Å²) in [5, 5.41) is 7.89. The van der Waals surface area contributed by atoms with Crippen LogP contribution >= 0.6 is 0 Å². The molecule has 0 bridgehead atoms. The second kappa shape index (κ2) is 12.7. The number of ether oxygens (including phenoxy) is 5. The molecule has 1 saturated heterocycles. The Morgan fingerprint density at radius 2 is 1.34 bits per heavy atom. The van der Waals surface area contributed by atoms with E-state index in [0.717, 1.165) is 16.7 Å². The summed E-state index contributed by atoms with van der Waals surface area (Å²) < 4.78 is 33.5. The first kappa shape index (κ1) is 29.4. The third-order valence-electron chi connectivity index (χ3n) is 6.20. The fraction of sp³-hybridized carbons (Fsp3) is 0.379. The average molecular weight is 567 g/mol. The van der Waals surface area contributed by atoms with Crippen LogP contribution in [0.1, 0.15) is 45.3 Å². The number of hydrogen-bond donors (Lipinski definition) is 0. The molecule has 12 nitrogen and oxygen atoms in total. The first-order valence-corrected chi connectivity index (χ1v) is 12.8. The number of rotatable bonds is 8. The first-order valence-electron chi connectivity index (χ1n) is 12.8. The molecule has 5 atom stereocenters. The molecule has 41 heavy (non-hydrogen) atoms. The predicted octanol–water partition coefficient (Wildman–Crippen LogP) is 3.51. The zero-order valence-electron chi connectivity index (χ0n) is 23.2. The highest BCUT2D eigenvalue weighted by atomic mass is 16.7. The van der Waals surface area contributed by atoms with Crippen molar-refractivity contribution in [3.05, 3.63) is 60.0 Å². The standard InChI is InChI=1S/C29H30N2O10/c1-15-30-31-29(37-15)21-11-9-20(10-12-21)22-7-6-8-23(13-22)25-27(39-18(4)34)28(40-19(5)35)26(38-17(3)33)24(41-25)14-36-16(2)32/h6-13,24-28H,14H2,1-5H3/t24-,25?,26-,27-,28+/m1/s1. The first-order chi connectivity index (χ1) is 19.5. The van der Waals surface area contributed by atoms with Crippen LogP contribution < -0.4 is 0 Å². The van der Waals surface area contributed by atoms with E-state index in [1.54, 1.807) is 19.1 Å². The van der Waals surface area contributed by atoms with E-state index in [0.29, 0.717) is 17.3 Å². The molecule has 0 N–H and O–H groups in total. The smallest absolute Gasteiger partial charge is 0.303 e. The van der Waals surface area contributed by atoms with E-state index >= 15 is 0 Å². The van der Waals surface area contributed by atoms with Gasteiger partial charge in [-0.2, -0.15) is 0 Å². The minimum absolute atomic E-state index is 0.301. The van der Waals surface area contributed by atoms with E-state index in [4.69, 9.17) is 28.1 Å². The number of benzene rings is 2. The molecule has 0 saturated carbocycles. The van der Waals surface area contributed by atoms with Crippen LogP contribution in [-0.4, -0.2) is 65.1 Å².